The molecule has 0 saturated carbocycles. The predicted molar refractivity (Wildman–Crippen MR) is 158 cm³/mol. The molecular weight excluding hydrogens is 581 g/mol. The summed E-state index contributed by atoms with van der Waals surface area (Å²) in [6.07, 6.45) is -2.67. The molecule has 2 aromatic heterocycles. The Morgan fingerprint density at radius 2 is 1.75 bits per heavy atom. The number of hydrogen-bond donors (Lipinski definition) is 2. The van der Waals surface area contributed by atoms with Crippen LogP contribution in [-0.2, 0) is 22.3 Å². The smallest absolute Gasteiger partial charge is 0.416 e. The van der Waals surface area contributed by atoms with E-state index in [2.05, 4.69) is 20.7 Å². The van der Waals surface area contributed by atoms with Gasteiger partial charge < -0.3 is 29.7 Å². The van der Waals surface area contributed by atoms with Crippen LogP contribution in [-0.4, -0.2) is 80.9 Å². The minimum atomic E-state index is -4.49. The SMILES string of the molecule is Cc1c(N2CCNCC2)c(=O)n2nc(C3=CCN(C(=O)OC(C)(C)C)CC3)nc2n1CC(=O)Nc1ccc(C(F)(F)F)cc1. The van der Waals surface area contributed by atoms with Gasteiger partial charge in [-0.05, 0) is 64.0 Å². The van der Waals surface area contributed by atoms with Gasteiger partial charge in [-0.2, -0.15) is 22.7 Å². The summed E-state index contributed by atoms with van der Waals surface area (Å²) in [6, 6.07) is 4.17. The lowest BCUT2D eigenvalue weighted by atomic mass is 10.1. The summed E-state index contributed by atoms with van der Waals surface area (Å²) in [5.41, 5.74) is 0.0345. The maximum absolute atomic E-state index is 13.8. The Bertz CT molecular complexity index is 1650. The maximum atomic E-state index is 13.8. The van der Waals surface area contributed by atoms with Crippen molar-refractivity contribution in [3.05, 3.63) is 57.8 Å². The topological polar surface area (TPSA) is 126 Å². The lowest BCUT2D eigenvalue weighted by Gasteiger charge is -2.30. The van der Waals surface area contributed by atoms with Crippen molar-refractivity contribution in [3.63, 3.8) is 0 Å². The van der Waals surface area contributed by atoms with Crippen LogP contribution in [0, 0.1) is 6.92 Å². The van der Waals surface area contributed by atoms with Gasteiger partial charge in [0.1, 0.15) is 17.8 Å². The van der Waals surface area contributed by atoms with Gasteiger partial charge in [0.2, 0.25) is 11.7 Å². The van der Waals surface area contributed by atoms with Crippen molar-refractivity contribution < 1.29 is 27.5 Å². The Balaban J connectivity index is 1.47. The van der Waals surface area contributed by atoms with E-state index in [0.29, 0.717) is 56.4 Å². The van der Waals surface area contributed by atoms with E-state index in [1.807, 2.05) is 11.0 Å². The fourth-order valence-corrected chi connectivity index (χ4v) is 5.18. The van der Waals surface area contributed by atoms with Gasteiger partial charge in [-0.3, -0.25) is 9.59 Å². The molecule has 0 unspecified atom stereocenters. The Labute approximate surface area is 251 Å². The number of piperazine rings is 1. The molecule has 4 heterocycles. The van der Waals surface area contributed by atoms with Crippen molar-refractivity contribution in [3.8, 4) is 0 Å². The first-order valence-corrected chi connectivity index (χ1v) is 14.3. The molecule has 0 aliphatic carbocycles. The van der Waals surface area contributed by atoms with Crippen LogP contribution in [0.3, 0.4) is 0 Å². The number of nitrogens with one attached hydrogen (secondary N) is 2. The summed E-state index contributed by atoms with van der Waals surface area (Å²) in [7, 11) is 0. The van der Waals surface area contributed by atoms with E-state index in [9.17, 15) is 27.6 Å². The summed E-state index contributed by atoms with van der Waals surface area (Å²) in [5.74, 6) is -0.0572. The number of amides is 2. The number of hydrogen-bond acceptors (Lipinski definition) is 8. The number of benzene rings is 1. The molecule has 2 N–H and O–H groups in total. The third kappa shape index (κ3) is 6.72. The van der Waals surface area contributed by atoms with Crippen molar-refractivity contribution in [2.75, 3.05) is 49.5 Å². The van der Waals surface area contributed by atoms with Gasteiger partial charge in [0.05, 0.1) is 5.56 Å². The van der Waals surface area contributed by atoms with Crippen LogP contribution in [0.1, 0.15) is 44.3 Å². The molecule has 2 aliphatic rings. The first-order valence-electron chi connectivity index (χ1n) is 14.3. The van der Waals surface area contributed by atoms with Gasteiger partial charge in [0.15, 0.2) is 5.82 Å². The van der Waals surface area contributed by atoms with Crippen LogP contribution >= 0.6 is 0 Å². The van der Waals surface area contributed by atoms with Gasteiger partial charge in [0, 0.05) is 50.6 Å². The first-order chi connectivity index (χ1) is 20.7. The van der Waals surface area contributed by atoms with Crippen LogP contribution in [0.4, 0.5) is 29.3 Å². The highest BCUT2D eigenvalue weighted by Gasteiger charge is 2.30. The molecule has 0 atom stereocenters. The normalized spacial score (nSPS) is 16.2. The van der Waals surface area contributed by atoms with Crippen molar-refractivity contribution >= 4 is 34.7 Å². The number of halogens is 3. The van der Waals surface area contributed by atoms with E-state index in [1.165, 1.54) is 16.6 Å². The minimum absolute atomic E-state index is 0.152. The number of fused-ring (bicyclic) bond motifs is 1. The average molecular weight is 617 g/mol. The molecule has 12 nitrogen and oxygen atoms in total. The Morgan fingerprint density at radius 3 is 2.34 bits per heavy atom. The average Bonchev–Trinajstić information content (AvgIpc) is 3.41. The largest absolute Gasteiger partial charge is 0.444 e. The molecule has 0 radical (unpaired) electrons. The highest BCUT2D eigenvalue weighted by atomic mass is 19.4. The number of alkyl halides is 3. The number of rotatable bonds is 5. The predicted octanol–water partition coefficient (Wildman–Crippen LogP) is 3.29. The third-order valence-corrected chi connectivity index (χ3v) is 7.35. The summed E-state index contributed by atoms with van der Waals surface area (Å²) in [6.45, 7) is 10.0. The van der Waals surface area contributed by atoms with Crippen molar-refractivity contribution in [1.82, 2.24) is 29.4 Å². The quantitative estimate of drug-likeness (QED) is 0.448. The van der Waals surface area contributed by atoms with Gasteiger partial charge in [0.25, 0.3) is 5.56 Å². The Kier molecular flexibility index (Phi) is 8.42. The van der Waals surface area contributed by atoms with Gasteiger partial charge in [-0.25, -0.2) is 4.79 Å². The van der Waals surface area contributed by atoms with Gasteiger partial charge in [-0.1, -0.05) is 6.08 Å². The zero-order valence-electron chi connectivity index (χ0n) is 25.0. The molecule has 1 saturated heterocycles. The summed E-state index contributed by atoms with van der Waals surface area (Å²) >= 11 is 0. The highest BCUT2D eigenvalue weighted by molar-refractivity contribution is 5.91. The number of ether oxygens (including phenoxy) is 1. The zero-order chi connectivity index (χ0) is 31.8. The summed E-state index contributed by atoms with van der Waals surface area (Å²) in [4.78, 5) is 47.6. The molecule has 15 heteroatoms. The second-order valence-electron chi connectivity index (χ2n) is 11.7. The summed E-state index contributed by atoms with van der Waals surface area (Å²) in [5, 5.41) is 10.4. The molecule has 1 fully saturated rings. The van der Waals surface area contributed by atoms with E-state index in [4.69, 9.17) is 4.74 Å². The number of nitrogens with zero attached hydrogens (tertiary/aromatic N) is 6. The standard InChI is InChI=1S/C29H35F3N8O4/c1-18-23(37-15-11-33-12-16-37)25(42)40-26(39(18)17-22(41)34-21-7-5-20(6-8-21)29(30,31)32)35-24(36-40)19-9-13-38(14-10-19)27(43)44-28(2,3)4/h5-9,33H,10-17H2,1-4H3,(H,34,41). The van der Waals surface area contributed by atoms with Crippen LogP contribution < -0.4 is 21.1 Å². The molecule has 5 rings (SSSR count). The van der Waals surface area contributed by atoms with E-state index >= 15 is 0 Å². The molecule has 0 bridgehead atoms. The fourth-order valence-electron chi connectivity index (χ4n) is 5.18. The van der Waals surface area contributed by atoms with Gasteiger partial charge in [-0.15, -0.1) is 5.10 Å². The molecule has 1 aromatic carbocycles. The van der Waals surface area contributed by atoms with Crippen molar-refractivity contribution in [2.45, 2.75) is 52.4 Å². The summed E-state index contributed by atoms with van der Waals surface area (Å²) < 4.78 is 47.1. The molecule has 3 aromatic rings. The van der Waals surface area contributed by atoms with Crippen LogP contribution in [0.15, 0.2) is 35.1 Å². The van der Waals surface area contributed by atoms with Crippen LogP contribution in [0.25, 0.3) is 11.4 Å². The molecule has 2 aliphatic heterocycles. The number of aromatic nitrogens is 4. The number of carbonyl (C=O) groups excluding carboxylic acids is 2. The Hall–Kier alpha value is -4.40. The number of carbonyl (C=O) groups is 2. The fraction of sp³-hybridized carbons (Fsp3) is 0.483. The first kappa shape index (κ1) is 31.0. The van der Waals surface area contributed by atoms with Crippen molar-refractivity contribution in [1.29, 1.82) is 0 Å². The van der Waals surface area contributed by atoms with Crippen molar-refractivity contribution in [2.24, 2.45) is 0 Å². The molecule has 236 valence electrons. The molecule has 0 spiro atoms. The highest BCUT2D eigenvalue weighted by Crippen LogP contribution is 2.30. The lowest BCUT2D eigenvalue weighted by molar-refractivity contribution is -0.137. The maximum Gasteiger partial charge on any atom is 0.416 e. The van der Waals surface area contributed by atoms with E-state index < -0.39 is 29.3 Å². The second-order valence-corrected chi connectivity index (χ2v) is 11.7. The third-order valence-electron chi connectivity index (χ3n) is 7.35. The monoisotopic (exact) mass is 616 g/mol. The molecule has 44 heavy (non-hydrogen) atoms. The lowest BCUT2D eigenvalue weighted by Crippen LogP contribution is -2.46. The Morgan fingerprint density at radius 1 is 1.07 bits per heavy atom. The van der Waals surface area contributed by atoms with Crippen LogP contribution in [0.5, 0.6) is 0 Å². The zero-order valence-corrected chi connectivity index (χ0v) is 25.0. The minimum Gasteiger partial charge on any atom is -0.444 e. The number of anilines is 2. The second kappa shape index (κ2) is 11.9. The molecule has 2 amide bonds. The van der Waals surface area contributed by atoms with E-state index in [0.717, 1.165) is 17.7 Å². The van der Waals surface area contributed by atoms with Crippen LogP contribution in [0.2, 0.25) is 0 Å². The molecular formula is C29H35F3N8O4. The van der Waals surface area contributed by atoms with Gasteiger partial charge >= 0.3 is 12.3 Å². The van der Waals surface area contributed by atoms with E-state index in [-0.39, 0.29) is 30.1 Å². The van der Waals surface area contributed by atoms with E-state index in [1.54, 1.807) is 37.2 Å².